The van der Waals surface area contributed by atoms with Crippen LogP contribution in [0.15, 0.2) is 30.3 Å². The molecule has 0 aliphatic rings. The summed E-state index contributed by atoms with van der Waals surface area (Å²) in [5.41, 5.74) is 0. The van der Waals surface area contributed by atoms with Gasteiger partial charge in [-0.05, 0) is 18.6 Å². The maximum atomic E-state index is 11.9. The zero-order valence-corrected chi connectivity index (χ0v) is 13.7. The molecule has 0 aliphatic heterocycles. The largest absolute Gasteiger partial charge is 0.414 e. The highest BCUT2D eigenvalue weighted by atomic mass is 16.6. The molecule has 0 fully saturated rings. The Labute approximate surface area is 132 Å². The highest BCUT2D eigenvalue weighted by Crippen LogP contribution is 2.13. The van der Waals surface area contributed by atoms with E-state index in [1.54, 1.807) is 26.4 Å². The zero-order chi connectivity index (χ0) is 16.2. The molecule has 0 heterocycles. The fraction of sp³-hybridized carbons (Fsp3) is 0.588. The number of unbranched alkanes of at least 4 members (excludes halogenated alkanes) is 3. The molecule has 1 aromatic rings. The van der Waals surface area contributed by atoms with Crippen LogP contribution in [0, 0.1) is 0 Å². The third-order valence-electron chi connectivity index (χ3n) is 3.45. The Kier molecular flexibility index (Phi) is 9.26. The number of rotatable bonds is 10. The second-order valence-electron chi connectivity index (χ2n) is 5.13. The van der Waals surface area contributed by atoms with E-state index in [1.807, 2.05) is 18.2 Å². The average molecular weight is 309 g/mol. The van der Waals surface area contributed by atoms with Gasteiger partial charge >= 0.3 is 6.09 Å². The summed E-state index contributed by atoms with van der Waals surface area (Å²) in [6, 6.07) is 8.92. The quantitative estimate of drug-likeness (QED) is 0.528. The monoisotopic (exact) mass is 309 g/mol. The summed E-state index contributed by atoms with van der Waals surface area (Å²) in [5, 5.41) is 2.70. The average Bonchev–Trinajstić information content (AvgIpc) is 2.54. The second-order valence-corrected chi connectivity index (χ2v) is 5.13. The highest BCUT2D eigenvalue weighted by molar-refractivity contribution is 5.70. The van der Waals surface area contributed by atoms with Gasteiger partial charge in [-0.15, -0.1) is 0 Å². The Balaban J connectivity index is 2.45. The SMILES string of the molecule is CCCCCC[C@H](OC)[C@H](NC(=O)Oc1ccccc1)OC. The van der Waals surface area contributed by atoms with Gasteiger partial charge in [0.15, 0.2) is 6.23 Å². The van der Waals surface area contributed by atoms with E-state index in [-0.39, 0.29) is 6.10 Å². The van der Waals surface area contributed by atoms with Gasteiger partial charge in [0.2, 0.25) is 0 Å². The first-order valence-electron chi connectivity index (χ1n) is 7.80. The van der Waals surface area contributed by atoms with Crippen molar-refractivity contribution in [1.29, 1.82) is 0 Å². The summed E-state index contributed by atoms with van der Waals surface area (Å²) < 4.78 is 16.0. The number of hydrogen-bond acceptors (Lipinski definition) is 4. The molecule has 0 aliphatic carbocycles. The van der Waals surface area contributed by atoms with Crippen molar-refractivity contribution >= 4 is 6.09 Å². The minimum atomic E-state index is -0.548. The molecular formula is C17H27NO4. The van der Waals surface area contributed by atoms with Crippen molar-refractivity contribution in [1.82, 2.24) is 5.32 Å². The molecule has 0 aromatic heterocycles. The van der Waals surface area contributed by atoms with Crippen LogP contribution >= 0.6 is 0 Å². The Bertz CT molecular complexity index is 410. The smallest absolute Gasteiger partial charge is 0.410 e. The molecule has 1 amide bonds. The van der Waals surface area contributed by atoms with Crippen LogP contribution in [0.1, 0.15) is 39.0 Å². The Morgan fingerprint density at radius 1 is 1.09 bits per heavy atom. The van der Waals surface area contributed by atoms with Crippen molar-refractivity contribution in [2.24, 2.45) is 0 Å². The summed E-state index contributed by atoms with van der Waals surface area (Å²) >= 11 is 0. The number of nitrogens with one attached hydrogen (secondary N) is 1. The number of amides is 1. The molecule has 0 radical (unpaired) electrons. The van der Waals surface area contributed by atoms with Gasteiger partial charge in [0.25, 0.3) is 0 Å². The van der Waals surface area contributed by atoms with Gasteiger partial charge in [-0.1, -0.05) is 50.8 Å². The summed E-state index contributed by atoms with van der Waals surface area (Å²) in [4.78, 5) is 11.9. The van der Waals surface area contributed by atoms with Crippen LogP contribution in [0.3, 0.4) is 0 Å². The molecule has 5 heteroatoms. The standard InChI is InChI=1S/C17H27NO4/c1-4-5-6-10-13-15(20-2)16(21-3)18-17(19)22-14-11-8-7-9-12-14/h7-9,11-12,15-16H,4-6,10,13H2,1-3H3,(H,18,19)/t15-,16+/m0/s1. The molecule has 0 saturated carbocycles. The first-order chi connectivity index (χ1) is 10.7. The molecule has 1 N–H and O–H groups in total. The van der Waals surface area contributed by atoms with Crippen LogP contribution < -0.4 is 10.1 Å². The predicted molar refractivity (Wildman–Crippen MR) is 86.0 cm³/mol. The van der Waals surface area contributed by atoms with Crippen molar-refractivity contribution in [3.8, 4) is 5.75 Å². The number of carbonyl (C=O) groups is 1. The molecule has 0 bridgehead atoms. The molecule has 0 saturated heterocycles. The van der Waals surface area contributed by atoms with Crippen LogP contribution in [0.5, 0.6) is 5.75 Å². The van der Waals surface area contributed by atoms with E-state index in [4.69, 9.17) is 14.2 Å². The maximum absolute atomic E-state index is 11.9. The third-order valence-corrected chi connectivity index (χ3v) is 3.45. The first-order valence-corrected chi connectivity index (χ1v) is 7.80. The molecule has 124 valence electrons. The number of ether oxygens (including phenoxy) is 3. The van der Waals surface area contributed by atoms with Crippen molar-refractivity contribution in [3.63, 3.8) is 0 Å². The van der Waals surface area contributed by atoms with Crippen molar-refractivity contribution in [3.05, 3.63) is 30.3 Å². The zero-order valence-electron chi connectivity index (χ0n) is 13.7. The van der Waals surface area contributed by atoms with E-state index in [0.29, 0.717) is 5.75 Å². The van der Waals surface area contributed by atoms with E-state index < -0.39 is 12.3 Å². The van der Waals surface area contributed by atoms with Gasteiger partial charge in [0, 0.05) is 14.2 Å². The lowest BCUT2D eigenvalue weighted by Gasteiger charge is -2.25. The van der Waals surface area contributed by atoms with Crippen LogP contribution in [0.2, 0.25) is 0 Å². The third kappa shape index (κ3) is 6.91. The fourth-order valence-corrected chi connectivity index (χ4v) is 2.21. The summed E-state index contributed by atoms with van der Waals surface area (Å²) in [6.45, 7) is 2.17. The van der Waals surface area contributed by atoms with Crippen LogP contribution in [-0.2, 0) is 9.47 Å². The fourth-order valence-electron chi connectivity index (χ4n) is 2.21. The van der Waals surface area contributed by atoms with E-state index in [0.717, 1.165) is 19.3 Å². The van der Waals surface area contributed by atoms with E-state index in [1.165, 1.54) is 12.8 Å². The Hall–Kier alpha value is -1.59. The van der Waals surface area contributed by atoms with Gasteiger partial charge in [-0.3, -0.25) is 5.32 Å². The van der Waals surface area contributed by atoms with Crippen molar-refractivity contribution in [2.75, 3.05) is 14.2 Å². The van der Waals surface area contributed by atoms with Crippen LogP contribution in [0.4, 0.5) is 4.79 Å². The lowest BCUT2D eigenvalue weighted by atomic mass is 10.1. The van der Waals surface area contributed by atoms with Gasteiger partial charge in [0.05, 0.1) is 0 Å². The van der Waals surface area contributed by atoms with Crippen molar-refractivity contribution < 1.29 is 19.0 Å². The Morgan fingerprint density at radius 2 is 1.82 bits per heavy atom. The minimum absolute atomic E-state index is 0.190. The first kappa shape index (κ1) is 18.5. The topological polar surface area (TPSA) is 56.8 Å². The maximum Gasteiger partial charge on any atom is 0.414 e. The van der Waals surface area contributed by atoms with E-state index in [9.17, 15) is 4.79 Å². The molecule has 1 aromatic carbocycles. The number of hydrogen-bond donors (Lipinski definition) is 1. The van der Waals surface area contributed by atoms with E-state index in [2.05, 4.69) is 12.2 Å². The number of methoxy groups -OCH3 is 2. The van der Waals surface area contributed by atoms with Gasteiger partial charge in [0.1, 0.15) is 11.9 Å². The second kappa shape index (κ2) is 11.0. The number of carbonyl (C=O) groups excluding carboxylic acids is 1. The highest BCUT2D eigenvalue weighted by Gasteiger charge is 2.23. The lowest BCUT2D eigenvalue weighted by molar-refractivity contribution is -0.0530. The molecule has 0 spiro atoms. The molecular weight excluding hydrogens is 282 g/mol. The van der Waals surface area contributed by atoms with Gasteiger partial charge in [-0.25, -0.2) is 4.79 Å². The number of benzene rings is 1. The Morgan fingerprint density at radius 3 is 2.41 bits per heavy atom. The summed E-state index contributed by atoms with van der Waals surface area (Å²) in [7, 11) is 3.17. The van der Waals surface area contributed by atoms with Crippen LogP contribution in [0.25, 0.3) is 0 Å². The van der Waals surface area contributed by atoms with E-state index >= 15 is 0 Å². The summed E-state index contributed by atoms with van der Waals surface area (Å²) in [5.74, 6) is 0.492. The van der Waals surface area contributed by atoms with Gasteiger partial charge < -0.3 is 14.2 Å². The normalized spacial score (nSPS) is 13.4. The molecule has 5 nitrogen and oxygen atoms in total. The summed E-state index contributed by atoms with van der Waals surface area (Å²) in [6.07, 6.45) is 4.16. The van der Waals surface area contributed by atoms with Crippen molar-refractivity contribution in [2.45, 2.75) is 51.4 Å². The van der Waals surface area contributed by atoms with Gasteiger partial charge in [-0.2, -0.15) is 0 Å². The molecule has 2 atom stereocenters. The molecule has 22 heavy (non-hydrogen) atoms. The molecule has 0 unspecified atom stereocenters. The number of para-hydroxylation sites is 1. The molecule has 1 rings (SSSR count). The minimum Gasteiger partial charge on any atom is -0.410 e. The predicted octanol–water partition coefficient (Wildman–Crippen LogP) is 3.73. The van der Waals surface area contributed by atoms with Crippen LogP contribution in [-0.4, -0.2) is 32.6 Å². The lowest BCUT2D eigenvalue weighted by Crippen LogP contribution is -2.46.